The molecule has 0 aliphatic carbocycles. The fraction of sp³-hybridized carbons (Fsp3) is 0.406. The van der Waals surface area contributed by atoms with Crippen LogP contribution in [0.15, 0.2) is 84.0 Å². The van der Waals surface area contributed by atoms with Crippen LogP contribution in [0.25, 0.3) is 0 Å². The number of hydrogen-bond donors (Lipinski definition) is 1. The van der Waals surface area contributed by atoms with Crippen LogP contribution < -0.4 is 0 Å². The molecule has 4 nitrogen and oxygen atoms in total. The number of piperidine rings is 1. The number of aryl methyl sites for hydroxylation is 1. The third-order valence-electron chi connectivity index (χ3n) is 7.97. The quantitative estimate of drug-likeness (QED) is 0.227. The Kier molecular flexibility index (Phi) is 8.47. The van der Waals surface area contributed by atoms with Gasteiger partial charge in [0, 0.05) is 19.6 Å². The SMILES string of the molecule is ON=C(CCC1CCN(Cc2ccccc2)CC1)c1ccc2c(c1)CN(Cc1ccccc1)CCC2. The van der Waals surface area contributed by atoms with Crippen LogP contribution >= 0.6 is 0 Å². The Labute approximate surface area is 216 Å². The Balaban J connectivity index is 1.16. The molecule has 188 valence electrons. The molecule has 0 saturated carbocycles. The van der Waals surface area contributed by atoms with Crippen LogP contribution in [-0.4, -0.2) is 40.4 Å². The van der Waals surface area contributed by atoms with Crippen LogP contribution in [0.2, 0.25) is 0 Å². The van der Waals surface area contributed by atoms with Crippen molar-refractivity contribution in [1.29, 1.82) is 0 Å². The van der Waals surface area contributed by atoms with E-state index >= 15 is 0 Å². The Hall–Kier alpha value is -2.95. The number of rotatable bonds is 8. The number of fused-ring (bicyclic) bond motifs is 1. The lowest BCUT2D eigenvalue weighted by Crippen LogP contribution is -2.33. The summed E-state index contributed by atoms with van der Waals surface area (Å²) in [6, 6.07) is 28.3. The van der Waals surface area contributed by atoms with Gasteiger partial charge in [0.1, 0.15) is 0 Å². The van der Waals surface area contributed by atoms with E-state index in [1.165, 1.54) is 41.5 Å². The lowest BCUT2D eigenvalue weighted by Gasteiger charge is -2.32. The average molecular weight is 482 g/mol. The van der Waals surface area contributed by atoms with Crippen LogP contribution in [0.5, 0.6) is 0 Å². The molecule has 3 aromatic rings. The average Bonchev–Trinajstić information content (AvgIpc) is 3.12. The second-order valence-electron chi connectivity index (χ2n) is 10.6. The van der Waals surface area contributed by atoms with Gasteiger partial charge in [0.15, 0.2) is 0 Å². The first kappa shape index (κ1) is 24.7. The zero-order valence-corrected chi connectivity index (χ0v) is 21.4. The molecule has 2 aliphatic rings. The number of hydrogen-bond acceptors (Lipinski definition) is 4. The minimum Gasteiger partial charge on any atom is -0.411 e. The molecule has 0 aromatic heterocycles. The lowest BCUT2D eigenvalue weighted by atomic mass is 9.89. The van der Waals surface area contributed by atoms with Crippen molar-refractivity contribution in [2.75, 3.05) is 19.6 Å². The number of benzene rings is 3. The molecule has 0 unspecified atom stereocenters. The molecule has 2 aliphatic heterocycles. The maximum atomic E-state index is 9.89. The molecule has 36 heavy (non-hydrogen) atoms. The Morgan fingerprint density at radius 1 is 0.778 bits per heavy atom. The Morgan fingerprint density at radius 3 is 2.11 bits per heavy atom. The molecule has 0 bridgehead atoms. The molecule has 5 rings (SSSR count). The van der Waals surface area contributed by atoms with Crippen molar-refractivity contribution in [2.24, 2.45) is 11.1 Å². The summed E-state index contributed by atoms with van der Waals surface area (Å²) in [7, 11) is 0. The maximum Gasteiger partial charge on any atom is 0.0868 e. The van der Waals surface area contributed by atoms with E-state index in [2.05, 4.69) is 93.8 Å². The summed E-state index contributed by atoms with van der Waals surface area (Å²) in [5.41, 5.74) is 7.51. The highest BCUT2D eigenvalue weighted by atomic mass is 16.4. The fourth-order valence-corrected chi connectivity index (χ4v) is 5.85. The predicted octanol–water partition coefficient (Wildman–Crippen LogP) is 6.51. The summed E-state index contributed by atoms with van der Waals surface area (Å²) in [5.74, 6) is 0.705. The minimum absolute atomic E-state index is 0.705. The Bertz CT molecular complexity index is 1120. The van der Waals surface area contributed by atoms with Gasteiger partial charge in [0.2, 0.25) is 0 Å². The van der Waals surface area contributed by atoms with Gasteiger partial charge in [-0.3, -0.25) is 9.80 Å². The van der Waals surface area contributed by atoms with Gasteiger partial charge in [-0.25, -0.2) is 0 Å². The lowest BCUT2D eigenvalue weighted by molar-refractivity contribution is 0.173. The zero-order chi connectivity index (χ0) is 24.6. The molecule has 0 radical (unpaired) electrons. The van der Waals surface area contributed by atoms with Crippen molar-refractivity contribution >= 4 is 5.71 Å². The molecule has 3 aromatic carbocycles. The van der Waals surface area contributed by atoms with Crippen molar-refractivity contribution in [3.8, 4) is 0 Å². The largest absolute Gasteiger partial charge is 0.411 e. The smallest absolute Gasteiger partial charge is 0.0868 e. The van der Waals surface area contributed by atoms with Gasteiger partial charge >= 0.3 is 0 Å². The van der Waals surface area contributed by atoms with Crippen LogP contribution in [0.1, 0.15) is 59.9 Å². The predicted molar refractivity (Wildman–Crippen MR) is 147 cm³/mol. The number of nitrogens with zero attached hydrogens (tertiary/aromatic N) is 3. The van der Waals surface area contributed by atoms with Gasteiger partial charge in [-0.1, -0.05) is 78.0 Å². The highest BCUT2D eigenvalue weighted by Gasteiger charge is 2.21. The van der Waals surface area contributed by atoms with Crippen molar-refractivity contribution in [3.63, 3.8) is 0 Å². The van der Waals surface area contributed by atoms with Crippen LogP contribution in [0.3, 0.4) is 0 Å². The molecule has 1 fully saturated rings. The topological polar surface area (TPSA) is 39.1 Å². The van der Waals surface area contributed by atoms with Crippen LogP contribution in [0.4, 0.5) is 0 Å². The summed E-state index contributed by atoms with van der Waals surface area (Å²) in [6.45, 7) is 6.41. The second-order valence-corrected chi connectivity index (χ2v) is 10.6. The summed E-state index contributed by atoms with van der Waals surface area (Å²) in [5, 5.41) is 13.7. The van der Waals surface area contributed by atoms with E-state index < -0.39 is 0 Å². The van der Waals surface area contributed by atoms with Gasteiger partial charge in [0.25, 0.3) is 0 Å². The van der Waals surface area contributed by atoms with Gasteiger partial charge in [0.05, 0.1) is 5.71 Å². The zero-order valence-electron chi connectivity index (χ0n) is 21.4. The highest BCUT2D eigenvalue weighted by Crippen LogP contribution is 2.26. The summed E-state index contributed by atoms with van der Waals surface area (Å²) in [4.78, 5) is 5.12. The van der Waals surface area contributed by atoms with Gasteiger partial charge in [-0.05, 0) is 98.0 Å². The summed E-state index contributed by atoms with van der Waals surface area (Å²) in [6.07, 6.45) is 6.69. The molecule has 0 amide bonds. The van der Waals surface area contributed by atoms with E-state index in [1.54, 1.807) is 0 Å². The minimum atomic E-state index is 0.705. The number of oxime groups is 1. The molecule has 0 spiro atoms. The first-order valence-electron chi connectivity index (χ1n) is 13.6. The van der Waals surface area contributed by atoms with Crippen molar-refractivity contribution < 1.29 is 5.21 Å². The van der Waals surface area contributed by atoms with E-state index in [4.69, 9.17) is 0 Å². The standard InChI is InChI=1S/C32H39N3O/c36-33-32(16-13-26-17-20-34(21-18-26)23-27-8-3-1-4-9-27)30-15-14-29-12-7-19-35(25-31(29)22-30)24-28-10-5-2-6-11-28/h1-6,8-11,14-15,22,26,36H,7,12-13,16-21,23-25H2. The normalized spacial score (nSPS) is 18.1. The Morgan fingerprint density at radius 2 is 1.44 bits per heavy atom. The molecule has 1 N–H and O–H groups in total. The molecule has 1 saturated heterocycles. The van der Waals surface area contributed by atoms with E-state index in [0.717, 1.165) is 69.8 Å². The van der Waals surface area contributed by atoms with Crippen molar-refractivity contribution in [2.45, 2.75) is 58.2 Å². The van der Waals surface area contributed by atoms with E-state index in [9.17, 15) is 5.21 Å². The second kappa shape index (κ2) is 12.3. The van der Waals surface area contributed by atoms with Crippen molar-refractivity contribution in [1.82, 2.24) is 9.80 Å². The molecule has 4 heteroatoms. The summed E-state index contributed by atoms with van der Waals surface area (Å²) >= 11 is 0. The van der Waals surface area contributed by atoms with Crippen LogP contribution in [0, 0.1) is 5.92 Å². The molecular weight excluding hydrogens is 442 g/mol. The first-order chi connectivity index (χ1) is 17.8. The first-order valence-corrected chi connectivity index (χ1v) is 13.6. The third-order valence-corrected chi connectivity index (χ3v) is 7.97. The molecule has 0 atom stereocenters. The van der Waals surface area contributed by atoms with Crippen LogP contribution in [-0.2, 0) is 26.1 Å². The number of likely N-dealkylation sites (tertiary alicyclic amines) is 1. The molecule has 2 heterocycles. The van der Waals surface area contributed by atoms with Crippen molar-refractivity contribution in [3.05, 3.63) is 107 Å². The van der Waals surface area contributed by atoms with E-state index in [0.29, 0.717) is 5.92 Å². The highest BCUT2D eigenvalue weighted by molar-refractivity contribution is 6.00. The third kappa shape index (κ3) is 6.63. The van der Waals surface area contributed by atoms with Gasteiger partial charge in [-0.15, -0.1) is 0 Å². The van der Waals surface area contributed by atoms with Gasteiger partial charge < -0.3 is 5.21 Å². The fourth-order valence-electron chi connectivity index (χ4n) is 5.85. The van der Waals surface area contributed by atoms with E-state index in [-0.39, 0.29) is 0 Å². The monoisotopic (exact) mass is 481 g/mol. The van der Waals surface area contributed by atoms with Gasteiger partial charge in [-0.2, -0.15) is 0 Å². The summed E-state index contributed by atoms with van der Waals surface area (Å²) < 4.78 is 0. The molecular formula is C32H39N3O. The van der Waals surface area contributed by atoms with E-state index in [1.807, 2.05) is 0 Å². The maximum absolute atomic E-state index is 9.89.